The summed E-state index contributed by atoms with van der Waals surface area (Å²) in [5.74, 6) is 0.941. The van der Waals surface area contributed by atoms with E-state index in [1.807, 2.05) is 19.1 Å². The Labute approximate surface area is 121 Å². The van der Waals surface area contributed by atoms with Gasteiger partial charge >= 0.3 is 0 Å². The summed E-state index contributed by atoms with van der Waals surface area (Å²) in [6.45, 7) is 7.88. The summed E-state index contributed by atoms with van der Waals surface area (Å²) in [5, 5.41) is 3.56. The van der Waals surface area contributed by atoms with Crippen LogP contribution in [0.3, 0.4) is 0 Å². The van der Waals surface area contributed by atoms with Crippen LogP contribution in [-0.4, -0.2) is 13.2 Å². The third-order valence-corrected chi connectivity index (χ3v) is 3.36. The first-order valence-electron chi connectivity index (χ1n) is 6.93. The summed E-state index contributed by atoms with van der Waals surface area (Å²) in [6.07, 6.45) is 2.18. The first-order chi connectivity index (χ1) is 9.22. The maximum Gasteiger partial charge on any atom is 0.124 e. The van der Waals surface area contributed by atoms with E-state index in [0.29, 0.717) is 12.6 Å². The summed E-state index contributed by atoms with van der Waals surface area (Å²) in [6, 6.07) is 8.56. The smallest absolute Gasteiger partial charge is 0.124 e. The molecule has 1 aromatic carbocycles. The van der Waals surface area contributed by atoms with Crippen molar-refractivity contribution in [1.82, 2.24) is 5.32 Å². The van der Waals surface area contributed by atoms with Crippen LogP contribution in [0.1, 0.15) is 45.2 Å². The highest BCUT2D eigenvalue weighted by molar-refractivity contribution is 6.25. The lowest BCUT2D eigenvalue weighted by atomic mass is 10.0. The van der Waals surface area contributed by atoms with Crippen molar-refractivity contribution in [3.8, 4) is 5.75 Å². The SMILES string of the molecule is CCCNC(CC)c1ccccc1OC/C(C)=C/Cl. The highest BCUT2D eigenvalue weighted by Crippen LogP contribution is 2.27. The van der Waals surface area contributed by atoms with Crippen LogP contribution in [0.4, 0.5) is 0 Å². The Hall–Kier alpha value is -0.990. The van der Waals surface area contributed by atoms with E-state index < -0.39 is 0 Å². The monoisotopic (exact) mass is 281 g/mol. The Morgan fingerprint density at radius 2 is 2.11 bits per heavy atom. The van der Waals surface area contributed by atoms with Gasteiger partial charge in [-0.3, -0.25) is 0 Å². The van der Waals surface area contributed by atoms with Gasteiger partial charge in [-0.1, -0.05) is 43.6 Å². The third kappa shape index (κ3) is 5.25. The Morgan fingerprint density at radius 1 is 1.37 bits per heavy atom. The number of nitrogens with one attached hydrogen (secondary N) is 1. The van der Waals surface area contributed by atoms with E-state index in [2.05, 4.69) is 31.3 Å². The molecule has 0 fully saturated rings. The maximum atomic E-state index is 5.86. The fourth-order valence-electron chi connectivity index (χ4n) is 1.92. The number of halogens is 1. The van der Waals surface area contributed by atoms with Crippen LogP contribution in [-0.2, 0) is 0 Å². The quantitative estimate of drug-likeness (QED) is 0.748. The molecule has 2 nitrogen and oxygen atoms in total. The highest BCUT2D eigenvalue weighted by Gasteiger charge is 2.13. The summed E-state index contributed by atoms with van der Waals surface area (Å²) < 4.78 is 5.86. The van der Waals surface area contributed by atoms with Crippen LogP contribution in [0.2, 0.25) is 0 Å². The lowest BCUT2D eigenvalue weighted by Gasteiger charge is -2.20. The number of benzene rings is 1. The van der Waals surface area contributed by atoms with Crippen molar-refractivity contribution >= 4 is 11.6 Å². The Balaban J connectivity index is 2.81. The lowest BCUT2D eigenvalue weighted by Crippen LogP contribution is -2.22. The molecule has 0 amide bonds. The topological polar surface area (TPSA) is 21.3 Å². The zero-order valence-corrected chi connectivity index (χ0v) is 12.8. The first-order valence-corrected chi connectivity index (χ1v) is 7.37. The molecular formula is C16H24ClNO. The Kier molecular flexibility index (Phi) is 7.61. The minimum absolute atomic E-state index is 0.344. The maximum absolute atomic E-state index is 5.86. The molecular weight excluding hydrogens is 258 g/mol. The van der Waals surface area contributed by atoms with E-state index >= 15 is 0 Å². The molecule has 0 aromatic heterocycles. The summed E-state index contributed by atoms with van der Waals surface area (Å²) >= 11 is 5.66. The van der Waals surface area contributed by atoms with Crippen LogP contribution in [0.5, 0.6) is 5.75 Å². The van der Waals surface area contributed by atoms with Crippen LogP contribution in [0.25, 0.3) is 0 Å². The zero-order valence-electron chi connectivity index (χ0n) is 12.1. The molecule has 1 rings (SSSR count). The predicted octanol–water partition coefficient (Wildman–Crippen LogP) is 4.66. The van der Waals surface area contributed by atoms with E-state index in [9.17, 15) is 0 Å². The third-order valence-electron chi connectivity index (χ3n) is 2.99. The zero-order chi connectivity index (χ0) is 14.1. The van der Waals surface area contributed by atoms with Crippen LogP contribution >= 0.6 is 11.6 Å². The number of hydrogen-bond donors (Lipinski definition) is 1. The molecule has 1 atom stereocenters. The molecule has 0 aliphatic rings. The molecule has 1 aromatic rings. The van der Waals surface area contributed by atoms with Crippen molar-refractivity contribution in [2.24, 2.45) is 0 Å². The normalized spacial score (nSPS) is 13.4. The van der Waals surface area contributed by atoms with Crippen LogP contribution in [0, 0.1) is 0 Å². The summed E-state index contributed by atoms with van der Waals surface area (Å²) in [7, 11) is 0. The second kappa shape index (κ2) is 9.00. The van der Waals surface area contributed by atoms with Crippen molar-refractivity contribution in [2.45, 2.75) is 39.7 Å². The number of rotatable bonds is 8. The minimum atomic E-state index is 0.344. The van der Waals surface area contributed by atoms with Gasteiger partial charge in [0.05, 0.1) is 0 Å². The van der Waals surface area contributed by atoms with Gasteiger partial charge in [-0.2, -0.15) is 0 Å². The van der Waals surface area contributed by atoms with Gasteiger partial charge in [0.2, 0.25) is 0 Å². The van der Waals surface area contributed by atoms with Crippen molar-refractivity contribution in [3.05, 3.63) is 40.9 Å². The lowest BCUT2D eigenvalue weighted by molar-refractivity contribution is 0.342. The molecule has 0 aliphatic carbocycles. The largest absolute Gasteiger partial charge is 0.489 e. The Morgan fingerprint density at radius 3 is 2.74 bits per heavy atom. The van der Waals surface area contributed by atoms with E-state index in [4.69, 9.17) is 16.3 Å². The van der Waals surface area contributed by atoms with Crippen molar-refractivity contribution in [3.63, 3.8) is 0 Å². The van der Waals surface area contributed by atoms with E-state index in [0.717, 1.165) is 30.7 Å². The number of ether oxygens (including phenoxy) is 1. The van der Waals surface area contributed by atoms with Crippen molar-refractivity contribution in [2.75, 3.05) is 13.2 Å². The van der Waals surface area contributed by atoms with Gasteiger partial charge in [-0.25, -0.2) is 0 Å². The second-order valence-electron chi connectivity index (χ2n) is 4.70. The van der Waals surface area contributed by atoms with Gasteiger partial charge in [-0.05, 0) is 37.9 Å². The average Bonchev–Trinajstić information content (AvgIpc) is 2.46. The van der Waals surface area contributed by atoms with Crippen molar-refractivity contribution < 1.29 is 4.74 Å². The molecule has 3 heteroatoms. The molecule has 1 unspecified atom stereocenters. The van der Waals surface area contributed by atoms with E-state index in [-0.39, 0.29) is 0 Å². The van der Waals surface area contributed by atoms with Gasteiger partial charge < -0.3 is 10.1 Å². The molecule has 0 bridgehead atoms. The predicted molar refractivity (Wildman–Crippen MR) is 82.9 cm³/mol. The van der Waals surface area contributed by atoms with E-state index in [1.54, 1.807) is 5.54 Å². The van der Waals surface area contributed by atoms with Crippen molar-refractivity contribution in [1.29, 1.82) is 0 Å². The van der Waals surface area contributed by atoms with Crippen LogP contribution < -0.4 is 10.1 Å². The standard InChI is InChI=1S/C16H24ClNO/c1-4-10-18-15(5-2)14-8-6-7-9-16(14)19-12-13(3)11-17/h6-9,11,15,18H,4-5,10,12H2,1-3H3/b13-11+. The minimum Gasteiger partial charge on any atom is -0.489 e. The van der Waals surface area contributed by atoms with Crippen LogP contribution in [0.15, 0.2) is 35.4 Å². The van der Waals surface area contributed by atoms with Gasteiger partial charge in [-0.15, -0.1) is 0 Å². The Bertz CT molecular complexity index is 403. The molecule has 19 heavy (non-hydrogen) atoms. The number of hydrogen-bond acceptors (Lipinski definition) is 2. The molecule has 1 N–H and O–H groups in total. The molecule has 0 spiro atoms. The molecule has 106 valence electrons. The van der Waals surface area contributed by atoms with Gasteiger partial charge in [0, 0.05) is 17.1 Å². The van der Waals surface area contributed by atoms with Gasteiger partial charge in [0.1, 0.15) is 12.4 Å². The van der Waals surface area contributed by atoms with E-state index in [1.165, 1.54) is 5.56 Å². The summed E-state index contributed by atoms with van der Waals surface area (Å²) in [4.78, 5) is 0. The fourth-order valence-corrected chi connectivity index (χ4v) is 1.98. The summed E-state index contributed by atoms with van der Waals surface area (Å²) in [5.41, 5.74) is 3.81. The van der Waals surface area contributed by atoms with Gasteiger partial charge in [0.25, 0.3) is 0 Å². The fraction of sp³-hybridized carbons (Fsp3) is 0.500. The second-order valence-corrected chi connectivity index (χ2v) is 4.92. The van der Waals surface area contributed by atoms with Gasteiger partial charge in [0.15, 0.2) is 0 Å². The molecule has 0 aliphatic heterocycles. The molecule has 0 radical (unpaired) electrons. The first kappa shape index (κ1) is 16.1. The number of para-hydroxylation sites is 1. The molecule has 0 saturated heterocycles. The molecule has 0 heterocycles. The highest BCUT2D eigenvalue weighted by atomic mass is 35.5. The average molecular weight is 282 g/mol. The molecule has 0 saturated carbocycles.